The number of thiol groups is 1. The average molecular weight is 246 g/mol. The third-order valence-electron chi connectivity index (χ3n) is 3.21. The van der Waals surface area contributed by atoms with Gasteiger partial charge in [0.2, 0.25) is 0 Å². The van der Waals surface area contributed by atoms with Gasteiger partial charge in [-0.25, -0.2) is 0 Å². The normalized spacial score (nSPS) is 23.7. The third kappa shape index (κ3) is 3.73. The average Bonchev–Trinajstić information content (AvgIpc) is 2.27. The van der Waals surface area contributed by atoms with E-state index >= 15 is 0 Å². The molecule has 2 unspecified atom stereocenters. The maximum Gasteiger partial charge on any atom is 0.121 e. The zero-order chi connectivity index (χ0) is 12.0. The fourth-order valence-electron chi connectivity index (χ4n) is 2.31. The highest BCUT2D eigenvalue weighted by atomic mass is 32.1. The number of piperazine rings is 1. The number of carbonyl (C=O) groups is 1. The Morgan fingerprint density at radius 3 is 2.69 bits per heavy atom. The van der Waals surface area contributed by atoms with Crippen LogP contribution in [0.3, 0.4) is 0 Å². The summed E-state index contributed by atoms with van der Waals surface area (Å²) < 4.78 is -0.359. The van der Waals surface area contributed by atoms with Gasteiger partial charge >= 0.3 is 0 Å². The van der Waals surface area contributed by atoms with Gasteiger partial charge in [-0.3, -0.25) is 4.90 Å². The van der Waals surface area contributed by atoms with Crippen LogP contribution in [0.5, 0.6) is 0 Å². The number of rotatable bonds is 6. The molecule has 0 aromatic rings. The van der Waals surface area contributed by atoms with E-state index in [-0.39, 0.29) is 17.4 Å². The number of carbonyl (C=O) groups excluding carboxylic acids is 1. The summed E-state index contributed by atoms with van der Waals surface area (Å²) in [6, 6.07) is 0.160. The second kappa shape index (κ2) is 6.59. The van der Waals surface area contributed by atoms with Crippen LogP contribution >= 0.6 is 12.6 Å². The fourth-order valence-corrected chi connectivity index (χ4v) is 2.67. The minimum absolute atomic E-state index is 0.142. The highest BCUT2D eigenvalue weighted by Crippen LogP contribution is 2.28. The number of hydrogen-bond donors (Lipinski definition) is 3. The topological polar surface area (TPSA) is 52.6 Å². The standard InChI is InChI=1S/C11H22N2O2S/c1-11(16,3-9-15)10(2-8-14)13-6-4-12-5-7-13/h9-10,12,14,16H,2-8H2,1H3. The summed E-state index contributed by atoms with van der Waals surface area (Å²) in [6.07, 6.45) is 2.01. The number of aliphatic hydroxyl groups is 1. The lowest BCUT2D eigenvalue weighted by Gasteiger charge is -2.42. The molecular weight excluding hydrogens is 224 g/mol. The lowest BCUT2D eigenvalue weighted by molar-refractivity contribution is -0.108. The Kier molecular flexibility index (Phi) is 5.75. The lowest BCUT2D eigenvalue weighted by atomic mass is 9.93. The summed E-state index contributed by atoms with van der Waals surface area (Å²) in [5.41, 5.74) is 0. The second-order valence-corrected chi connectivity index (χ2v) is 5.56. The van der Waals surface area contributed by atoms with Gasteiger partial charge in [-0.1, -0.05) is 0 Å². The number of hydrogen-bond acceptors (Lipinski definition) is 5. The summed E-state index contributed by atoms with van der Waals surface area (Å²) >= 11 is 4.60. The van der Waals surface area contributed by atoms with Gasteiger partial charge in [-0.15, -0.1) is 0 Å². The summed E-state index contributed by atoms with van der Waals surface area (Å²) in [5, 5.41) is 12.4. The first-order chi connectivity index (χ1) is 7.61. The first-order valence-electron chi connectivity index (χ1n) is 5.83. The highest BCUT2D eigenvalue weighted by Gasteiger charge is 2.34. The first-order valence-corrected chi connectivity index (χ1v) is 6.28. The van der Waals surface area contributed by atoms with Gasteiger partial charge in [0.05, 0.1) is 0 Å². The molecule has 0 bridgehead atoms. The maximum atomic E-state index is 10.7. The van der Waals surface area contributed by atoms with E-state index < -0.39 is 0 Å². The quantitative estimate of drug-likeness (QED) is 0.453. The minimum atomic E-state index is -0.359. The molecule has 16 heavy (non-hydrogen) atoms. The molecule has 0 amide bonds. The Morgan fingerprint density at radius 1 is 1.56 bits per heavy atom. The van der Waals surface area contributed by atoms with Crippen LogP contribution < -0.4 is 5.32 Å². The van der Waals surface area contributed by atoms with Gasteiger partial charge < -0.3 is 15.2 Å². The van der Waals surface area contributed by atoms with Crippen molar-refractivity contribution in [1.29, 1.82) is 0 Å². The van der Waals surface area contributed by atoms with E-state index in [0.29, 0.717) is 12.8 Å². The van der Waals surface area contributed by atoms with Crippen LogP contribution in [-0.2, 0) is 4.79 Å². The van der Waals surface area contributed by atoms with Crippen molar-refractivity contribution in [3.05, 3.63) is 0 Å². The van der Waals surface area contributed by atoms with E-state index in [2.05, 4.69) is 22.8 Å². The molecule has 0 aromatic heterocycles. The van der Waals surface area contributed by atoms with Gasteiger partial charge in [0.15, 0.2) is 0 Å². The van der Waals surface area contributed by atoms with E-state index in [4.69, 9.17) is 5.11 Å². The molecule has 2 N–H and O–H groups in total. The zero-order valence-electron chi connectivity index (χ0n) is 9.85. The largest absolute Gasteiger partial charge is 0.396 e. The van der Waals surface area contributed by atoms with E-state index in [9.17, 15) is 4.79 Å². The van der Waals surface area contributed by atoms with Crippen LogP contribution in [0.15, 0.2) is 0 Å². The Hall–Kier alpha value is -0.100. The van der Waals surface area contributed by atoms with Gasteiger partial charge in [-0.2, -0.15) is 12.6 Å². The molecule has 4 nitrogen and oxygen atoms in total. The molecule has 0 radical (unpaired) electrons. The smallest absolute Gasteiger partial charge is 0.121 e. The maximum absolute atomic E-state index is 10.7. The van der Waals surface area contributed by atoms with Crippen LogP contribution in [0.1, 0.15) is 19.8 Å². The molecule has 0 aliphatic carbocycles. The fraction of sp³-hybridized carbons (Fsp3) is 0.909. The molecule has 0 aromatic carbocycles. The Balaban J connectivity index is 2.67. The Bertz CT molecular complexity index is 218. The highest BCUT2D eigenvalue weighted by molar-refractivity contribution is 7.81. The zero-order valence-corrected chi connectivity index (χ0v) is 10.7. The summed E-state index contributed by atoms with van der Waals surface area (Å²) in [7, 11) is 0. The van der Waals surface area contributed by atoms with E-state index in [1.165, 1.54) is 0 Å². The van der Waals surface area contributed by atoms with Crippen molar-refractivity contribution in [2.45, 2.75) is 30.6 Å². The number of aliphatic hydroxyl groups excluding tert-OH is 1. The van der Waals surface area contributed by atoms with Gasteiger partial charge in [0.1, 0.15) is 6.29 Å². The van der Waals surface area contributed by atoms with Gasteiger partial charge in [-0.05, 0) is 13.3 Å². The monoisotopic (exact) mass is 246 g/mol. The van der Waals surface area contributed by atoms with Gasteiger partial charge in [0.25, 0.3) is 0 Å². The molecule has 1 fully saturated rings. The van der Waals surface area contributed by atoms with E-state index in [1.807, 2.05) is 6.92 Å². The molecule has 94 valence electrons. The summed E-state index contributed by atoms with van der Waals surface area (Å²) in [4.78, 5) is 13.0. The number of nitrogens with one attached hydrogen (secondary N) is 1. The summed E-state index contributed by atoms with van der Waals surface area (Å²) in [6.45, 7) is 5.97. The molecule has 1 aliphatic rings. The van der Waals surface area contributed by atoms with Crippen molar-refractivity contribution in [3.8, 4) is 0 Å². The molecule has 1 aliphatic heterocycles. The molecule has 2 atom stereocenters. The molecule has 0 saturated carbocycles. The van der Waals surface area contributed by atoms with Gasteiger partial charge in [0, 0.05) is 50.0 Å². The van der Waals surface area contributed by atoms with Crippen molar-refractivity contribution in [3.63, 3.8) is 0 Å². The Morgan fingerprint density at radius 2 is 2.19 bits per heavy atom. The van der Waals surface area contributed by atoms with Crippen molar-refractivity contribution in [1.82, 2.24) is 10.2 Å². The first kappa shape index (κ1) is 14.0. The van der Waals surface area contributed by atoms with Crippen LogP contribution in [0.2, 0.25) is 0 Å². The van der Waals surface area contributed by atoms with Crippen molar-refractivity contribution >= 4 is 18.9 Å². The second-order valence-electron chi connectivity index (χ2n) is 4.54. The third-order valence-corrected chi connectivity index (χ3v) is 3.69. The van der Waals surface area contributed by atoms with Crippen LogP contribution in [-0.4, -0.2) is 59.9 Å². The van der Waals surface area contributed by atoms with Crippen LogP contribution in [0, 0.1) is 0 Å². The molecule has 1 saturated heterocycles. The number of aldehydes is 1. The van der Waals surface area contributed by atoms with Crippen molar-refractivity contribution in [2.24, 2.45) is 0 Å². The van der Waals surface area contributed by atoms with Crippen LogP contribution in [0.4, 0.5) is 0 Å². The van der Waals surface area contributed by atoms with Crippen molar-refractivity contribution < 1.29 is 9.90 Å². The minimum Gasteiger partial charge on any atom is -0.396 e. The molecule has 1 heterocycles. The molecule has 5 heteroatoms. The SMILES string of the molecule is CC(S)(CC=O)C(CCO)N1CCNCC1. The lowest BCUT2D eigenvalue weighted by Crippen LogP contribution is -2.55. The van der Waals surface area contributed by atoms with E-state index in [1.54, 1.807) is 0 Å². The van der Waals surface area contributed by atoms with Crippen molar-refractivity contribution in [2.75, 3.05) is 32.8 Å². The molecule has 0 spiro atoms. The van der Waals surface area contributed by atoms with Crippen LogP contribution in [0.25, 0.3) is 0 Å². The van der Waals surface area contributed by atoms with E-state index in [0.717, 1.165) is 32.5 Å². The number of nitrogens with zero attached hydrogens (tertiary/aromatic N) is 1. The predicted octanol–water partition coefficient (Wildman–Crippen LogP) is -0.0799. The predicted molar refractivity (Wildman–Crippen MR) is 68.0 cm³/mol. The summed E-state index contributed by atoms with van der Waals surface area (Å²) in [5.74, 6) is 0. The Labute approximate surface area is 103 Å². The molecular formula is C11H22N2O2S. The molecule has 1 rings (SSSR count).